The Bertz CT molecular complexity index is 604. The average Bonchev–Trinajstić information content (AvgIpc) is 2.82. The number of hydrogen-bond acceptors (Lipinski definition) is 3. The molecule has 0 aliphatic rings. The van der Waals surface area contributed by atoms with Crippen LogP contribution in [0.4, 0.5) is 5.82 Å². The molecule has 2 aromatic rings. The second-order valence-electron chi connectivity index (χ2n) is 4.78. The topological polar surface area (TPSA) is 42.0 Å². The van der Waals surface area contributed by atoms with E-state index in [4.69, 9.17) is 0 Å². The molecule has 0 saturated heterocycles. The van der Waals surface area contributed by atoms with Crippen molar-refractivity contribution in [3.63, 3.8) is 0 Å². The van der Waals surface area contributed by atoms with E-state index in [9.17, 15) is 4.79 Å². The Kier molecular flexibility index (Phi) is 4.90. The molecular formula is C16H20N2OS. The first-order valence-electron chi connectivity index (χ1n) is 7.00. The number of carbonyl (C=O) groups is 1. The molecule has 0 fully saturated rings. The van der Waals surface area contributed by atoms with Crippen LogP contribution in [0.5, 0.6) is 0 Å². The molecule has 0 bridgehead atoms. The van der Waals surface area contributed by atoms with Gasteiger partial charge in [0.2, 0.25) is 0 Å². The van der Waals surface area contributed by atoms with Gasteiger partial charge in [0.05, 0.1) is 4.88 Å². The molecule has 1 N–H and O–H groups in total. The molecule has 4 heteroatoms. The molecule has 20 heavy (non-hydrogen) atoms. The lowest BCUT2D eigenvalue weighted by atomic mass is 10.1. The average molecular weight is 288 g/mol. The predicted octanol–water partition coefficient (Wildman–Crippen LogP) is 4.22. The van der Waals surface area contributed by atoms with Crippen LogP contribution in [-0.4, -0.2) is 10.9 Å². The lowest BCUT2D eigenvalue weighted by Gasteiger charge is -2.02. The summed E-state index contributed by atoms with van der Waals surface area (Å²) in [5.41, 5.74) is 2.19. The van der Waals surface area contributed by atoms with Gasteiger partial charge in [0, 0.05) is 10.6 Å². The summed E-state index contributed by atoms with van der Waals surface area (Å²) in [6, 6.07) is 7.63. The van der Waals surface area contributed by atoms with E-state index in [0.29, 0.717) is 5.82 Å². The summed E-state index contributed by atoms with van der Waals surface area (Å²) < 4.78 is 0. The van der Waals surface area contributed by atoms with E-state index >= 15 is 0 Å². The second-order valence-corrected chi connectivity index (χ2v) is 5.92. The molecule has 3 nitrogen and oxygen atoms in total. The van der Waals surface area contributed by atoms with Crippen LogP contribution in [0.3, 0.4) is 0 Å². The van der Waals surface area contributed by atoms with Gasteiger partial charge in [0.15, 0.2) is 0 Å². The highest BCUT2D eigenvalue weighted by Gasteiger charge is 2.14. The van der Waals surface area contributed by atoms with Crippen molar-refractivity contribution >= 4 is 23.1 Å². The summed E-state index contributed by atoms with van der Waals surface area (Å²) in [6.45, 7) is 6.20. The number of nitrogens with one attached hydrogen (secondary N) is 1. The first-order valence-corrected chi connectivity index (χ1v) is 7.82. The van der Waals surface area contributed by atoms with Gasteiger partial charge in [-0.15, -0.1) is 11.3 Å². The van der Waals surface area contributed by atoms with Crippen molar-refractivity contribution in [2.75, 3.05) is 5.32 Å². The molecule has 2 aromatic heterocycles. The van der Waals surface area contributed by atoms with E-state index in [2.05, 4.69) is 24.1 Å². The van der Waals surface area contributed by atoms with Crippen molar-refractivity contribution in [3.8, 4) is 0 Å². The zero-order valence-corrected chi connectivity index (χ0v) is 13.0. The second kappa shape index (κ2) is 6.66. The third-order valence-corrected chi connectivity index (χ3v) is 4.34. The minimum atomic E-state index is -0.0647. The van der Waals surface area contributed by atoms with Crippen molar-refractivity contribution in [1.29, 1.82) is 0 Å². The third kappa shape index (κ3) is 3.45. The summed E-state index contributed by atoms with van der Waals surface area (Å²) in [6.07, 6.45) is 3.12. The molecule has 0 aromatic carbocycles. The van der Waals surface area contributed by atoms with Crippen LogP contribution in [-0.2, 0) is 12.8 Å². The molecule has 0 aliphatic heterocycles. The normalized spacial score (nSPS) is 10.6. The number of hydrogen-bond donors (Lipinski definition) is 1. The lowest BCUT2D eigenvalue weighted by Crippen LogP contribution is -2.11. The molecule has 106 valence electrons. The van der Waals surface area contributed by atoms with Gasteiger partial charge in [-0.1, -0.05) is 26.3 Å². The van der Waals surface area contributed by atoms with Crippen LogP contribution in [0.25, 0.3) is 0 Å². The molecule has 2 rings (SSSR count). The van der Waals surface area contributed by atoms with Gasteiger partial charge in [-0.2, -0.15) is 0 Å². The number of carbonyl (C=O) groups excluding carboxylic acids is 1. The Labute approximate surface area is 124 Å². The maximum absolute atomic E-state index is 12.3. The van der Waals surface area contributed by atoms with Gasteiger partial charge in [-0.25, -0.2) is 4.98 Å². The number of pyridine rings is 1. The van der Waals surface area contributed by atoms with Crippen molar-refractivity contribution in [3.05, 3.63) is 45.3 Å². The zero-order chi connectivity index (χ0) is 14.5. The molecular weight excluding hydrogens is 268 g/mol. The van der Waals surface area contributed by atoms with Crippen LogP contribution in [0, 0.1) is 6.92 Å². The predicted molar refractivity (Wildman–Crippen MR) is 84.6 cm³/mol. The minimum Gasteiger partial charge on any atom is -0.306 e. The Morgan fingerprint density at radius 1 is 1.35 bits per heavy atom. The fraction of sp³-hybridized carbons (Fsp3) is 0.375. The molecule has 2 heterocycles. The third-order valence-electron chi connectivity index (χ3n) is 3.11. The van der Waals surface area contributed by atoms with E-state index < -0.39 is 0 Å². The number of aromatic nitrogens is 1. The van der Waals surface area contributed by atoms with Crippen molar-refractivity contribution < 1.29 is 4.79 Å². The fourth-order valence-electron chi connectivity index (χ4n) is 2.11. The standard InChI is InChI=1S/C16H20N2OS/c1-4-7-13-12(5-2)10-14(20-13)16(19)18-15-9-6-8-11(3)17-15/h6,8-10H,4-5,7H2,1-3H3,(H,17,18,19). The smallest absolute Gasteiger partial charge is 0.266 e. The number of rotatable bonds is 5. The van der Waals surface area contributed by atoms with Gasteiger partial charge in [-0.3, -0.25) is 4.79 Å². The van der Waals surface area contributed by atoms with E-state index in [1.54, 1.807) is 11.3 Å². The molecule has 0 radical (unpaired) electrons. The maximum Gasteiger partial charge on any atom is 0.266 e. The number of amides is 1. The highest BCUT2D eigenvalue weighted by Crippen LogP contribution is 2.25. The zero-order valence-electron chi connectivity index (χ0n) is 12.2. The van der Waals surface area contributed by atoms with Crippen LogP contribution in [0.1, 0.15) is 46.1 Å². The molecule has 1 amide bonds. The van der Waals surface area contributed by atoms with E-state index in [1.807, 2.05) is 31.2 Å². The monoisotopic (exact) mass is 288 g/mol. The number of anilines is 1. The fourth-order valence-corrected chi connectivity index (χ4v) is 3.36. The van der Waals surface area contributed by atoms with Crippen molar-refractivity contribution in [1.82, 2.24) is 4.98 Å². The summed E-state index contributed by atoms with van der Waals surface area (Å²) in [7, 11) is 0. The van der Waals surface area contributed by atoms with E-state index in [-0.39, 0.29) is 5.91 Å². The molecule has 0 saturated carbocycles. The highest BCUT2D eigenvalue weighted by molar-refractivity contribution is 7.14. The molecule has 0 unspecified atom stereocenters. The van der Waals surface area contributed by atoms with Gasteiger partial charge in [0.25, 0.3) is 5.91 Å². The van der Waals surface area contributed by atoms with Gasteiger partial charge in [0.1, 0.15) is 5.82 Å². The summed E-state index contributed by atoms with van der Waals surface area (Å²) in [5.74, 6) is 0.545. The molecule has 0 atom stereocenters. The van der Waals surface area contributed by atoms with E-state index in [0.717, 1.165) is 29.8 Å². The number of aryl methyl sites for hydroxylation is 3. The minimum absolute atomic E-state index is 0.0647. The van der Waals surface area contributed by atoms with Gasteiger partial charge < -0.3 is 5.32 Å². The Morgan fingerprint density at radius 2 is 2.15 bits per heavy atom. The number of thiophene rings is 1. The van der Waals surface area contributed by atoms with Crippen LogP contribution in [0.15, 0.2) is 24.3 Å². The molecule has 0 aliphatic carbocycles. The Morgan fingerprint density at radius 3 is 2.80 bits per heavy atom. The lowest BCUT2D eigenvalue weighted by molar-refractivity contribution is 0.103. The molecule has 0 spiro atoms. The Balaban J connectivity index is 2.16. The first-order chi connectivity index (χ1) is 9.63. The van der Waals surface area contributed by atoms with Gasteiger partial charge in [-0.05, 0) is 43.5 Å². The van der Waals surface area contributed by atoms with Crippen LogP contribution >= 0.6 is 11.3 Å². The number of nitrogens with zero attached hydrogens (tertiary/aromatic N) is 1. The quantitative estimate of drug-likeness (QED) is 0.895. The summed E-state index contributed by atoms with van der Waals surface area (Å²) >= 11 is 1.60. The van der Waals surface area contributed by atoms with Gasteiger partial charge >= 0.3 is 0 Å². The first kappa shape index (κ1) is 14.7. The maximum atomic E-state index is 12.3. The van der Waals surface area contributed by atoms with Crippen LogP contribution < -0.4 is 5.32 Å². The SMILES string of the molecule is CCCc1sc(C(=O)Nc2cccc(C)n2)cc1CC. The summed E-state index contributed by atoms with van der Waals surface area (Å²) in [4.78, 5) is 18.7. The van der Waals surface area contributed by atoms with Crippen LogP contribution in [0.2, 0.25) is 0 Å². The largest absolute Gasteiger partial charge is 0.306 e. The summed E-state index contributed by atoms with van der Waals surface area (Å²) in [5, 5.41) is 2.87. The van der Waals surface area contributed by atoms with Crippen molar-refractivity contribution in [2.24, 2.45) is 0 Å². The highest BCUT2D eigenvalue weighted by atomic mass is 32.1. The Hall–Kier alpha value is -1.68. The van der Waals surface area contributed by atoms with E-state index in [1.165, 1.54) is 10.4 Å². The van der Waals surface area contributed by atoms with Crippen molar-refractivity contribution in [2.45, 2.75) is 40.0 Å².